The zero-order chi connectivity index (χ0) is 82.2. The highest BCUT2D eigenvalue weighted by atomic mass is 15.0. The van der Waals surface area contributed by atoms with Gasteiger partial charge in [0.2, 0.25) is 0 Å². The highest BCUT2D eigenvalue weighted by molar-refractivity contribution is 6.21. The lowest BCUT2D eigenvalue weighted by molar-refractivity contribution is 1.15. The van der Waals surface area contributed by atoms with Crippen LogP contribution < -0.4 is 0 Å². The van der Waals surface area contributed by atoms with Crippen molar-refractivity contribution in [2.75, 3.05) is 0 Å². The van der Waals surface area contributed by atoms with Crippen LogP contribution in [0.4, 0.5) is 0 Å². The Balaban J connectivity index is 0.000000137. The molecule has 0 atom stereocenters. The molecule has 6 aromatic heterocycles. The molecule has 9 nitrogen and oxygen atoms in total. The largest absolute Gasteiger partial charge is 0.309 e. The van der Waals surface area contributed by atoms with E-state index in [-0.39, 0.29) is 0 Å². The molecule has 0 aliphatic heterocycles. The smallest absolute Gasteiger partial charge is 0.182 e. The lowest BCUT2D eigenvalue weighted by atomic mass is 9.96. The third kappa shape index (κ3) is 11.9. The van der Waals surface area contributed by atoms with Crippen LogP contribution >= 0.6 is 0 Å². The Morgan fingerprint density at radius 3 is 1.40 bits per heavy atom. The van der Waals surface area contributed by atoms with Crippen LogP contribution in [0, 0.1) is 0 Å². The summed E-state index contributed by atoms with van der Waals surface area (Å²) in [7, 11) is 0. The van der Waals surface area contributed by atoms with Gasteiger partial charge < -0.3 is 13.7 Å². The molecule has 125 heavy (non-hydrogen) atoms. The molecule has 0 radical (unpaired) electrons. The monoisotopic (exact) mass is 1590 g/mol. The van der Waals surface area contributed by atoms with E-state index < -0.39 is 0 Å². The van der Waals surface area contributed by atoms with Gasteiger partial charge in [-0.25, -0.2) is 29.9 Å². The first-order chi connectivity index (χ1) is 61.9. The second-order valence-electron chi connectivity index (χ2n) is 32.5. The van der Waals surface area contributed by atoms with Crippen molar-refractivity contribution in [2.45, 2.75) is 0 Å². The van der Waals surface area contributed by atoms with E-state index in [0.717, 1.165) is 133 Å². The fourth-order valence-corrected chi connectivity index (χ4v) is 19.4. The van der Waals surface area contributed by atoms with Crippen LogP contribution in [0.1, 0.15) is 0 Å². The van der Waals surface area contributed by atoms with Crippen LogP contribution in [0.15, 0.2) is 431 Å². The number of fused-ring (bicyclic) bond motifs is 17. The normalized spacial score (nSPS) is 11.8. The standard InChI is InChI=1S/C60H37N3.C56H34N6/c1-2-13-38(14-3-1)45-29-30-52-54(35-45)61-60(62-59(52)48-28-26-40-16-5-7-18-42(40)32-48)49-33-46-21-10-11-22-50(46)56(37-49)63-55-24-12-23-51(47-27-25-39-15-4-6-17-41(39)31-47)58(55)53-34-43-19-8-9-20-44(43)36-57(53)63;1-3-13-35(14-4-1)38-23-25-44-47-31-36-15-7-8-16-37(36)33-52(47)62(51(44)34-38)49-28-26-45(41-19-9-10-20-42(41)49)55-59-53(54-56(60-55)58-30-29-57-54)39-24-27-50-46(32-39)43-21-11-12-22-48(43)61(50)40-17-5-2-6-18-40/h1-37H;1-34H. The summed E-state index contributed by atoms with van der Waals surface area (Å²) in [5, 5.41) is 22.3. The number of hydrogen-bond acceptors (Lipinski definition) is 6. The molecule has 0 saturated carbocycles. The van der Waals surface area contributed by atoms with Crippen LogP contribution in [-0.2, 0) is 0 Å². The van der Waals surface area contributed by atoms with E-state index in [4.69, 9.17) is 29.9 Å². The van der Waals surface area contributed by atoms with Crippen molar-refractivity contribution in [3.8, 4) is 95.7 Å². The van der Waals surface area contributed by atoms with Gasteiger partial charge in [0, 0.05) is 88.8 Å². The molecule has 26 rings (SSSR count). The molecule has 0 saturated heterocycles. The molecule has 0 aliphatic carbocycles. The van der Waals surface area contributed by atoms with Crippen LogP contribution in [0.25, 0.3) is 248 Å². The topological polar surface area (TPSA) is 92.1 Å². The zero-order valence-electron chi connectivity index (χ0n) is 67.5. The molecule has 0 unspecified atom stereocenters. The Morgan fingerprint density at radius 2 is 0.680 bits per heavy atom. The average Bonchev–Trinajstić information content (AvgIpc) is 1.59. The van der Waals surface area contributed by atoms with Gasteiger partial charge >= 0.3 is 0 Å². The van der Waals surface area contributed by atoms with Crippen molar-refractivity contribution in [3.05, 3.63) is 431 Å². The van der Waals surface area contributed by atoms with E-state index in [0.29, 0.717) is 22.8 Å². The number of nitrogens with zero attached hydrogens (tertiary/aromatic N) is 9. The number of aromatic nitrogens is 9. The lowest BCUT2D eigenvalue weighted by Crippen LogP contribution is -2.00. The van der Waals surface area contributed by atoms with Crippen molar-refractivity contribution in [1.82, 2.24) is 43.6 Å². The van der Waals surface area contributed by atoms with E-state index >= 15 is 0 Å². The van der Waals surface area contributed by atoms with E-state index in [1.54, 1.807) is 12.4 Å². The van der Waals surface area contributed by atoms with Gasteiger partial charge in [-0.3, -0.25) is 0 Å². The summed E-state index contributed by atoms with van der Waals surface area (Å²) >= 11 is 0. The summed E-state index contributed by atoms with van der Waals surface area (Å²) in [6.07, 6.45) is 3.42. The van der Waals surface area contributed by atoms with Crippen molar-refractivity contribution in [1.29, 1.82) is 0 Å². The Kier molecular flexibility index (Phi) is 16.5. The summed E-state index contributed by atoms with van der Waals surface area (Å²) in [6.45, 7) is 0. The fraction of sp³-hybridized carbons (Fsp3) is 0. The first-order valence-corrected chi connectivity index (χ1v) is 42.4. The van der Waals surface area contributed by atoms with Gasteiger partial charge in [-0.05, 0) is 203 Å². The molecule has 6 heterocycles. The third-order valence-electron chi connectivity index (χ3n) is 25.3. The molecular weight excluding hydrogens is 1520 g/mol. The minimum Gasteiger partial charge on any atom is -0.309 e. The number of rotatable bonds is 10. The number of hydrogen-bond donors (Lipinski definition) is 0. The molecule has 9 heteroatoms. The Bertz CT molecular complexity index is 8940. The van der Waals surface area contributed by atoms with E-state index in [2.05, 4.69) is 432 Å². The van der Waals surface area contributed by atoms with Crippen molar-refractivity contribution >= 4 is 152 Å². The molecule has 580 valence electrons. The van der Waals surface area contributed by atoms with Crippen LogP contribution in [-0.4, -0.2) is 43.6 Å². The second kappa shape index (κ2) is 29.0. The minimum atomic E-state index is 0.551. The SMILES string of the molecule is c1ccc(-c2ccc3c(-c4ccc5ccccc5c4)nc(-c4cc(-n5c6cc7ccccc7cc6c6c(-c7ccc8ccccc8c7)cccc65)c5ccccc5c4)nc3c2)cc1.c1ccc(-c2ccc3c4cc5ccccc5cc4n(-c4ccc(-c5nc(-c6ccc7c(c6)c6ccccc6n7-c6ccccc6)c6nccnc6n5)c5ccccc45)c3c2)cc1. The van der Waals surface area contributed by atoms with Gasteiger partial charge in [0.05, 0.1) is 55.7 Å². The Labute approximate surface area is 717 Å². The lowest BCUT2D eigenvalue weighted by Gasteiger charge is -2.16. The molecule has 0 N–H and O–H groups in total. The quantitative estimate of drug-likeness (QED) is 0.135. The van der Waals surface area contributed by atoms with Crippen LogP contribution in [0.3, 0.4) is 0 Å². The molecule has 0 bridgehead atoms. The molecule has 26 aromatic rings. The van der Waals surface area contributed by atoms with Gasteiger partial charge in [-0.2, -0.15) is 0 Å². The molecular formula is C116H71N9. The first kappa shape index (κ1) is 71.1. The predicted octanol–water partition coefficient (Wildman–Crippen LogP) is 29.9. The molecule has 0 spiro atoms. The molecule has 20 aromatic carbocycles. The van der Waals surface area contributed by atoms with E-state index in [1.807, 2.05) is 0 Å². The van der Waals surface area contributed by atoms with Gasteiger partial charge in [-0.15, -0.1) is 0 Å². The van der Waals surface area contributed by atoms with Crippen molar-refractivity contribution < 1.29 is 0 Å². The van der Waals surface area contributed by atoms with E-state index in [1.165, 1.54) is 92.3 Å². The average molecular weight is 1590 g/mol. The summed E-state index contributed by atoms with van der Waals surface area (Å²) in [6, 6.07) is 151. The number of benzene rings is 20. The summed E-state index contributed by atoms with van der Waals surface area (Å²) in [5.41, 5.74) is 24.9. The van der Waals surface area contributed by atoms with Gasteiger partial charge in [-0.1, -0.05) is 303 Å². The Morgan fingerprint density at radius 1 is 0.192 bits per heavy atom. The zero-order valence-corrected chi connectivity index (χ0v) is 67.5. The maximum absolute atomic E-state index is 5.50. The van der Waals surface area contributed by atoms with Gasteiger partial charge in [0.15, 0.2) is 17.3 Å². The number of para-hydroxylation sites is 2. The maximum atomic E-state index is 5.50. The van der Waals surface area contributed by atoms with Crippen LogP contribution in [0.5, 0.6) is 0 Å². The van der Waals surface area contributed by atoms with Gasteiger partial charge in [0.25, 0.3) is 0 Å². The molecule has 0 aliphatic rings. The summed E-state index contributed by atoms with van der Waals surface area (Å²) in [5.74, 6) is 1.29. The highest BCUT2D eigenvalue weighted by Gasteiger charge is 2.26. The first-order valence-electron chi connectivity index (χ1n) is 42.4. The van der Waals surface area contributed by atoms with Crippen molar-refractivity contribution in [2.24, 2.45) is 0 Å². The molecule has 0 amide bonds. The second-order valence-corrected chi connectivity index (χ2v) is 32.5. The van der Waals surface area contributed by atoms with Gasteiger partial charge in [0.1, 0.15) is 11.2 Å². The Hall–Kier alpha value is -16.9. The third-order valence-corrected chi connectivity index (χ3v) is 25.3. The highest BCUT2D eigenvalue weighted by Crippen LogP contribution is 2.47. The van der Waals surface area contributed by atoms with Crippen LogP contribution in [0.2, 0.25) is 0 Å². The molecule has 0 fully saturated rings. The van der Waals surface area contributed by atoms with Crippen molar-refractivity contribution in [3.63, 3.8) is 0 Å². The fourth-order valence-electron chi connectivity index (χ4n) is 19.4. The minimum absolute atomic E-state index is 0.551. The predicted molar refractivity (Wildman–Crippen MR) is 521 cm³/mol. The maximum Gasteiger partial charge on any atom is 0.182 e. The summed E-state index contributed by atoms with van der Waals surface area (Å²) < 4.78 is 7.24. The van der Waals surface area contributed by atoms with E-state index in [9.17, 15) is 0 Å². The summed E-state index contributed by atoms with van der Waals surface area (Å²) in [4.78, 5) is 31.0.